The van der Waals surface area contributed by atoms with Crippen LogP contribution in [0.25, 0.3) is 0 Å². The van der Waals surface area contributed by atoms with Gasteiger partial charge in [0, 0.05) is 25.0 Å². The van der Waals surface area contributed by atoms with Gasteiger partial charge in [-0.25, -0.2) is 4.79 Å². The number of nitrogens with zero attached hydrogens (tertiary/aromatic N) is 4. The molecule has 3 rings (SSSR count). The highest BCUT2D eigenvalue weighted by atomic mass is 16.5. The average Bonchev–Trinajstić information content (AvgIpc) is 3.02. The van der Waals surface area contributed by atoms with E-state index in [1.807, 2.05) is 29.3 Å². The van der Waals surface area contributed by atoms with Gasteiger partial charge in [-0.15, -0.1) is 0 Å². The number of ether oxygens (including phenoxy) is 1. The molecule has 0 bridgehead atoms. The van der Waals surface area contributed by atoms with Crippen LogP contribution in [0.1, 0.15) is 26.0 Å². The highest BCUT2D eigenvalue weighted by Gasteiger charge is 2.28. The summed E-state index contributed by atoms with van der Waals surface area (Å²) >= 11 is 0. The lowest BCUT2D eigenvalue weighted by molar-refractivity contribution is 0.00855. The van der Waals surface area contributed by atoms with Crippen LogP contribution in [0.2, 0.25) is 0 Å². The van der Waals surface area contributed by atoms with Gasteiger partial charge >= 0.3 is 6.03 Å². The van der Waals surface area contributed by atoms with Crippen LogP contribution in [0.5, 0.6) is 0 Å². The molecule has 2 aromatic heterocycles. The molecule has 1 fully saturated rings. The van der Waals surface area contributed by atoms with E-state index in [9.17, 15) is 4.79 Å². The van der Waals surface area contributed by atoms with E-state index in [1.165, 1.54) is 0 Å². The van der Waals surface area contributed by atoms with E-state index >= 15 is 0 Å². The lowest BCUT2D eigenvalue weighted by Gasteiger charge is -2.36. The first-order chi connectivity index (χ1) is 12.1. The van der Waals surface area contributed by atoms with Crippen LogP contribution in [0.15, 0.2) is 36.7 Å². The van der Waals surface area contributed by atoms with Gasteiger partial charge in [-0.1, -0.05) is 19.9 Å². The Labute approximate surface area is 148 Å². The van der Waals surface area contributed by atoms with Crippen LogP contribution in [0.4, 0.5) is 10.6 Å². The summed E-state index contributed by atoms with van der Waals surface area (Å²) in [6.45, 7) is 6.67. The van der Waals surface area contributed by atoms with E-state index in [2.05, 4.69) is 29.2 Å². The Bertz CT molecular complexity index is 686. The topological polar surface area (TPSA) is 72.3 Å². The van der Waals surface area contributed by atoms with E-state index in [0.29, 0.717) is 38.0 Å². The number of morpholine rings is 1. The minimum atomic E-state index is -0.114. The third-order valence-corrected chi connectivity index (χ3v) is 4.16. The third kappa shape index (κ3) is 4.79. The van der Waals surface area contributed by atoms with Gasteiger partial charge in [0.15, 0.2) is 5.82 Å². The minimum Gasteiger partial charge on any atom is -0.377 e. The summed E-state index contributed by atoms with van der Waals surface area (Å²) in [6, 6.07) is 7.58. The van der Waals surface area contributed by atoms with Crippen molar-refractivity contribution in [3.63, 3.8) is 0 Å². The highest BCUT2D eigenvalue weighted by molar-refractivity contribution is 5.88. The molecular weight excluding hydrogens is 318 g/mol. The molecule has 0 radical (unpaired) electrons. The predicted octanol–water partition coefficient (Wildman–Crippen LogP) is 2.61. The van der Waals surface area contributed by atoms with Gasteiger partial charge in [0.25, 0.3) is 0 Å². The number of urea groups is 1. The maximum Gasteiger partial charge on any atom is 0.323 e. The summed E-state index contributed by atoms with van der Waals surface area (Å²) in [6.07, 6.45) is 4.53. The third-order valence-electron chi connectivity index (χ3n) is 4.16. The number of aromatic nitrogens is 3. The molecule has 1 saturated heterocycles. The molecule has 2 amide bonds. The van der Waals surface area contributed by atoms with Crippen LogP contribution in [-0.4, -0.2) is 51.5 Å². The van der Waals surface area contributed by atoms with Crippen molar-refractivity contribution < 1.29 is 9.53 Å². The normalized spacial score (nSPS) is 17.7. The van der Waals surface area contributed by atoms with Gasteiger partial charge in [0.2, 0.25) is 0 Å². The molecule has 7 nitrogen and oxygen atoms in total. The number of carbonyl (C=O) groups excluding carboxylic acids is 1. The average molecular weight is 343 g/mol. The number of nitrogens with one attached hydrogen (secondary N) is 1. The van der Waals surface area contributed by atoms with Gasteiger partial charge in [0.05, 0.1) is 31.5 Å². The maximum absolute atomic E-state index is 12.6. The van der Waals surface area contributed by atoms with Gasteiger partial charge in [-0.3, -0.25) is 15.0 Å². The van der Waals surface area contributed by atoms with E-state index in [4.69, 9.17) is 4.74 Å². The Morgan fingerprint density at radius 1 is 1.40 bits per heavy atom. The van der Waals surface area contributed by atoms with Gasteiger partial charge in [-0.05, 0) is 24.5 Å². The van der Waals surface area contributed by atoms with E-state index < -0.39 is 0 Å². The van der Waals surface area contributed by atoms with Crippen molar-refractivity contribution in [3.05, 3.63) is 42.4 Å². The van der Waals surface area contributed by atoms with Crippen LogP contribution < -0.4 is 5.32 Å². The van der Waals surface area contributed by atoms with Crippen molar-refractivity contribution >= 4 is 11.8 Å². The fourth-order valence-corrected chi connectivity index (χ4v) is 3.02. The second-order valence-electron chi connectivity index (χ2n) is 6.70. The first-order valence-corrected chi connectivity index (χ1v) is 8.70. The lowest BCUT2D eigenvalue weighted by Crippen LogP contribution is -2.50. The van der Waals surface area contributed by atoms with E-state index in [0.717, 1.165) is 12.1 Å². The molecule has 1 N–H and O–H groups in total. The Morgan fingerprint density at radius 2 is 2.28 bits per heavy atom. The molecule has 0 unspecified atom stereocenters. The Balaban J connectivity index is 1.60. The molecule has 0 aromatic carbocycles. The fourth-order valence-electron chi connectivity index (χ4n) is 3.02. The van der Waals surface area contributed by atoms with Crippen LogP contribution >= 0.6 is 0 Å². The molecule has 7 heteroatoms. The van der Waals surface area contributed by atoms with Crippen molar-refractivity contribution in [1.29, 1.82) is 0 Å². The summed E-state index contributed by atoms with van der Waals surface area (Å²) in [5.74, 6) is 1.07. The summed E-state index contributed by atoms with van der Waals surface area (Å²) in [4.78, 5) is 18.8. The molecule has 2 aromatic rings. The predicted molar refractivity (Wildman–Crippen MR) is 95.4 cm³/mol. The zero-order chi connectivity index (χ0) is 17.6. The number of pyridine rings is 1. The van der Waals surface area contributed by atoms with Crippen molar-refractivity contribution in [2.45, 2.75) is 32.9 Å². The highest BCUT2D eigenvalue weighted by Crippen LogP contribution is 2.17. The van der Waals surface area contributed by atoms with Crippen molar-refractivity contribution in [2.75, 3.05) is 25.1 Å². The quantitative estimate of drug-likeness (QED) is 0.906. The molecular formula is C18H25N5O2. The summed E-state index contributed by atoms with van der Waals surface area (Å²) in [5.41, 5.74) is 0.925. The second kappa shape index (κ2) is 8.11. The number of anilines is 1. The summed E-state index contributed by atoms with van der Waals surface area (Å²) in [7, 11) is 0. The molecule has 1 aliphatic rings. The van der Waals surface area contributed by atoms with Crippen molar-refractivity contribution in [3.8, 4) is 0 Å². The Kier molecular flexibility index (Phi) is 5.65. The first-order valence-electron chi connectivity index (χ1n) is 8.70. The Hall–Kier alpha value is -2.41. The number of carbonyl (C=O) groups is 1. The van der Waals surface area contributed by atoms with Crippen LogP contribution in [0.3, 0.4) is 0 Å². The van der Waals surface area contributed by atoms with Crippen molar-refractivity contribution in [1.82, 2.24) is 19.7 Å². The number of hydrogen-bond donors (Lipinski definition) is 1. The zero-order valence-electron chi connectivity index (χ0n) is 14.8. The SMILES string of the molecule is CC(C)C[C@H]1COCCN1C(=O)Nc1ccn(Cc2ccccn2)n1. The van der Waals surface area contributed by atoms with Gasteiger partial charge < -0.3 is 9.64 Å². The molecule has 1 aliphatic heterocycles. The summed E-state index contributed by atoms with van der Waals surface area (Å²) < 4.78 is 7.30. The van der Waals surface area contributed by atoms with Crippen LogP contribution in [0, 0.1) is 5.92 Å². The van der Waals surface area contributed by atoms with Crippen LogP contribution in [-0.2, 0) is 11.3 Å². The van der Waals surface area contributed by atoms with Crippen molar-refractivity contribution in [2.24, 2.45) is 5.92 Å². The number of hydrogen-bond acceptors (Lipinski definition) is 4. The largest absolute Gasteiger partial charge is 0.377 e. The Morgan fingerprint density at radius 3 is 3.04 bits per heavy atom. The standard InChI is InChI=1S/C18H25N5O2/c1-14(2)11-16-13-25-10-9-23(16)18(24)20-17-6-8-22(21-17)12-15-5-3-4-7-19-15/h3-8,14,16H,9-13H2,1-2H3,(H,20,21,24)/t16-/m0/s1. The van der Waals surface area contributed by atoms with E-state index in [1.54, 1.807) is 16.9 Å². The number of rotatable bonds is 5. The second-order valence-corrected chi connectivity index (χ2v) is 6.70. The molecule has 0 spiro atoms. The molecule has 134 valence electrons. The molecule has 0 saturated carbocycles. The smallest absolute Gasteiger partial charge is 0.323 e. The zero-order valence-corrected chi connectivity index (χ0v) is 14.8. The molecule has 0 aliphatic carbocycles. The van der Waals surface area contributed by atoms with E-state index in [-0.39, 0.29) is 12.1 Å². The molecule has 3 heterocycles. The van der Waals surface area contributed by atoms with Gasteiger partial charge in [0.1, 0.15) is 0 Å². The first kappa shape index (κ1) is 17.4. The summed E-state index contributed by atoms with van der Waals surface area (Å²) in [5, 5.41) is 7.31. The minimum absolute atomic E-state index is 0.114. The number of amides is 2. The fraction of sp³-hybridized carbons (Fsp3) is 0.500. The molecule has 1 atom stereocenters. The lowest BCUT2D eigenvalue weighted by atomic mass is 10.0. The molecule has 25 heavy (non-hydrogen) atoms. The maximum atomic E-state index is 12.6. The monoisotopic (exact) mass is 343 g/mol. The van der Waals surface area contributed by atoms with Gasteiger partial charge in [-0.2, -0.15) is 5.10 Å².